The minimum absolute atomic E-state index is 0.252. The number of unbranched alkanes of at least 4 members (excludes halogenated alkanes) is 21. The third-order valence-corrected chi connectivity index (χ3v) is 15.0. The highest BCUT2D eigenvalue weighted by Gasteiger charge is 2.51. The standard InChI is InChI=1S/C68H115NO13/c1-3-5-7-9-11-13-15-17-19-20-21-22-23-24-25-26-27-28-29-30-31-32-33-34-35-36-38-40-42-44-46-48-50-52-60(73)69-56(57(72)51-49-47-45-43-41-39-37-18-16-14-12-10-8-6-4-2)55-79-67-65(78)63(76)66(59(54-71)81-67)82-68-64(77)62(75)61(74)58(53-70)80-68/h5,7,11,13,17,19,21-22,24-25,27-28,30-31,33-34,49,51,56-59,61-68,70-72,74-78H,3-4,6,8-10,12,14-16,18,20,23,26,29,32,35-48,50,52-55H2,1-2H3,(H,69,73)/b7-5-,13-11-,19-17-,22-21-,25-24-,28-27-,31-30-,34-33-,51-49+. The summed E-state index contributed by atoms with van der Waals surface area (Å²) >= 11 is 0. The van der Waals surface area contributed by atoms with E-state index < -0.39 is 86.8 Å². The molecule has 12 unspecified atom stereocenters. The van der Waals surface area contributed by atoms with Crippen molar-refractivity contribution >= 4 is 5.91 Å². The lowest BCUT2D eigenvalue weighted by Crippen LogP contribution is -2.65. The fourth-order valence-corrected chi connectivity index (χ4v) is 9.84. The third kappa shape index (κ3) is 36.5. The molecule has 0 spiro atoms. The molecule has 1 amide bonds. The molecule has 2 aliphatic heterocycles. The Morgan fingerprint density at radius 3 is 1.29 bits per heavy atom. The van der Waals surface area contributed by atoms with Gasteiger partial charge < -0.3 is 65.1 Å². The second-order valence-electron chi connectivity index (χ2n) is 22.2. The van der Waals surface area contributed by atoms with E-state index in [1.807, 2.05) is 6.08 Å². The lowest BCUT2D eigenvalue weighted by molar-refractivity contribution is -0.359. The van der Waals surface area contributed by atoms with E-state index in [-0.39, 0.29) is 18.9 Å². The van der Waals surface area contributed by atoms with E-state index >= 15 is 0 Å². The van der Waals surface area contributed by atoms with Gasteiger partial charge in [-0.1, -0.05) is 239 Å². The molecule has 0 saturated carbocycles. The van der Waals surface area contributed by atoms with E-state index in [4.69, 9.17) is 18.9 Å². The first-order valence-electron chi connectivity index (χ1n) is 32.1. The average Bonchev–Trinajstić information content (AvgIpc) is 3.60. The Bertz CT molecular complexity index is 1790. The molecule has 2 aliphatic rings. The first-order chi connectivity index (χ1) is 40.1. The maximum absolute atomic E-state index is 13.3. The maximum Gasteiger partial charge on any atom is 0.220 e. The highest BCUT2D eigenvalue weighted by Crippen LogP contribution is 2.30. The number of ether oxygens (including phenoxy) is 4. The molecule has 2 heterocycles. The number of allylic oxidation sites excluding steroid dienone is 17. The van der Waals surface area contributed by atoms with Crippen molar-refractivity contribution in [3.05, 3.63) is 109 Å². The Balaban J connectivity index is 1.69. The highest BCUT2D eigenvalue weighted by atomic mass is 16.7. The zero-order valence-electron chi connectivity index (χ0n) is 50.7. The fourth-order valence-electron chi connectivity index (χ4n) is 9.84. The Morgan fingerprint density at radius 2 is 0.841 bits per heavy atom. The van der Waals surface area contributed by atoms with Gasteiger partial charge >= 0.3 is 0 Å². The first kappa shape index (κ1) is 74.7. The van der Waals surface area contributed by atoms with Crippen LogP contribution in [0, 0.1) is 0 Å². The SMILES string of the molecule is CC/C=C\C/C=C\C/C=C\C/C=C\C/C=C\C/C=C\C/C=C\C/C=C\CCCCCCCCCCC(=O)NC(COC1OC(CO)C(OC2OC(CO)C(O)C(O)C2O)C(O)C1O)C(O)/C=C/CCCCCCCCCCCCCCC. The summed E-state index contributed by atoms with van der Waals surface area (Å²) in [7, 11) is 0. The number of aliphatic hydroxyl groups is 8. The van der Waals surface area contributed by atoms with Crippen LogP contribution >= 0.6 is 0 Å². The molecule has 0 aliphatic carbocycles. The van der Waals surface area contributed by atoms with Gasteiger partial charge in [0, 0.05) is 6.42 Å². The molecule has 0 aromatic carbocycles. The van der Waals surface area contributed by atoms with E-state index in [0.29, 0.717) is 6.42 Å². The van der Waals surface area contributed by atoms with Crippen LogP contribution in [0.2, 0.25) is 0 Å². The smallest absolute Gasteiger partial charge is 0.220 e. The first-order valence-corrected chi connectivity index (χ1v) is 32.1. The van der Waals surface area contributed by atoms with Gasteiger partial charge in [-0.25, -0.2) is 0 Å². The van der Waals surface area contributed by atoms with Gasteiger partial charge in [0.25, 0.3) is 0 Å². The Labute approximate surface area is 495 Å². The molecule has 2 fully saturated rings. The van der Waals surface area contributed by atoms with Crippen LogP contribution in [-0.4, -0.2) is 140 Å². The van der Waals surface area contributed by atoms with Crippen LogP contribution in [0.4, 0.5) is 0 Å². The molecule has 9 N–H and O–H groups in total. The second kappa shape index (κ2) is 52.0. The van der Waals surface area contributed by atoms with Crippen molar-refractivity contribution in [2.75, 3.05) is 19.8 Å². The van der Waals surface area contributed by atoms with Crippen LogP contribution in [0.15, 0.2) is 109 Å². The van der Waals surface area contributed by atoms with Crippen molar-refractivity contribution in [1.29, 1.82) is 0 Å². The fraction of sp³-hybridized carbons (Fsp3) is 0.721. The second-order valence-corrected chi connectivity index (χ2v) is 22.2. The largest absolute Gasteiger partial charge is 0.394 e. The topological polar surface area (TPSA) is 228 Å². The van der Waals surface area contributed by atoms with E-state index in [9.17, 15) is 45.6 Å². The van der Waals surface area contributed by atoms with Crippen molar-refractivity contribution in [3.63, 3.8) is 0 Å². The van der Waals surface area contributed by atoms with E-state index in [1.165, 1.54) is 89.9 Å². The molecular weight excluding hydrogens is 1040 g/mol. The number of hydrogen-bond acceptors (Lipinski definition) is 13. The van der Waals surface area contributed by atoms with Crippen molar-refractivity contribution in [3.8, 4) is 0 Å². The number of hydrogen-bond donors (Lipinski definition) is 9. The summed E-state index contributed by atoms with van der Waals surface area (Å²) in [5.74, 6) is -0.252. The van der Waals surface area contributed by atoms with Gasteiger partial charge in [0.2, 0.25) is 5.91 Å². The highest BCUT2D eigenvalue weighted by molar-refractivity contribution is 5.76. The number of nitrogens with one attached hydrogen (secondary N) is 1. The van der Waals surface area contributed by atoms with Crippen LogP contribution < -0.4 is 5.32 Å². The summed E-state index contributed by atoms with van der Waals surface area (Å²) in [5.41, 5.74) is 0. The van der Waals surface area contributed by atoms with Crippen LogP contribution in [0.5, 0.6) is 0 Å². The molecule has 82 heavy (non-hydrogen) atoms. The summed E-state index contributed by atoms with van der Waals surface area (Å²) < 4.78 is 22.8. The number of rotatable bonds is 50. The van der Waals surface area contributed by atoms with Gasteiger partial charge in [-0.3, -0.25) is 4.79 Å². The molecule has 470 valence electrons. The van der Waals surface area contributed by atoms with E-state index in [2.05, 4.69) is 116 Å². The third-order valence-electron chi connectivity index (χ3n) is 15.0. The number of carbonyl (C=O) groups excluding carboxylic acids is 1. The number of amides is 1. The van der Waals surface area contributed by atoms with Gasteiger partial charge in [-0.2, -0.15) is 0 Å². The maximum atomic E-state index is 13.3. The van der Waals surface area contributed by atoms with Crippen LogP contribution in [-0.2, 0) is 23.7 Å². The molecule has 0 radical (unpaired) electrons. The normalized spacial score (nSPS) is 24.7. The summed E-state index contributed by atoms with van der Waals surface area (Å²) in [6.45, 7) is 2.67. The molecule has 0 bridgehead atoms. The van der Waals surface area contributed by atoms with Gasteiger partial charge in [0.15, 0.2) is 12.6 Å². The lowest BCUT2D eigenvalue weighted by Gasteiger charge is -2.46. The van der Waals surface area contributed by atoms with Gasteiger partial charge in [-0.05, 0) is 83.5 Å². The summed E-state index contributed by atoms with van der Waals surface area (Å²) in [6, 6.07) is -0.927. The van der Waals surface area contributed by atoms with Crippen molar-refractivity contribution < 1.29 is 64.6 Å². The predicted octanol–water partition coefficient (Wildman–Crippen LogP) is 12.0. The van der Waals surface area contributed by atoms with Crippen molar-refractivity contribution in [1.82, 2.24) is 5.32 Å². The van der Waals surface area contributed by atoms with Crippen LogP contribution in [0.1, 0.15) is 219 Å². The van der Waals surface area contributed by atoms with Crippen LogP contribution in [0.25, 0.3) is 0 Å². The lowest BCUT2D eigenvalue weighted by atomic mass is 9.97. The predicted molar refractivity (Wildman–Crippen MR) is 332 cm³/mol. The Morgan fingerprint density at radius 1 is 0.451 bits per heavy atom. The van der Waals surface area contributed by atoms with Crippen molar-refractivity contribution in [2.24, 2.45) is 0 Å². The molecule has 0 aromatic heterocycles. The van der Waals surface area contributed by atoms with Crippen LogP contribution in [0.3, 0.4) is 0 Å². The zero-order chi connectivity index (χ0) is 59.5. The minimum atomic E-state index is -1.79. The van der Waals surface area contributed by atoms with Gasteiger partial charge in [-0.15, -0.1) is 0 Å². The summed E-state index contributed by atoms with van der Waals surface area (Å²) in [6.07, 6.45) is 56.9. The molecule has 2 saturated heterocycles. The van der Waals surface area contributed by atoms with E-state index in [1.54, 1.807) is 6.08 Å². The van der Waals surface area contributed by atoms with Crippen molar-refractivity contribution in [2.45, 2.75) is 293 Å². The Kier molecular flexibility index (Phi) is 47.4. The number of carbonyl (C=O) groups is 1. The molecule has 0 aromatic rings. The number of aliphatic hydroxyl groups excluding tert-OH is 8. The summed E-state index contributed by atoms with van der Waals surface area (Å²) in [4.78, 5) is 13.3. The molecule has 12 atom stereocenters. The quantitative estimate of drug-likeness (QED) is 0.0204. The van der Waals surface area contributed by atoms with Gasteiger partial charge in [0.05, 0.1) is 32.0 Å². The minimum Gasteiger partial charge on any atom is -0.394 e. The molecular formula is C68H115NO13. The summed E-state index contributed by atoms with van der Waals surface area (Å²) in [5, 5.41) is 87.2. The van der Waals surface area contributed by atoms with Gasteiger partial charge in [0.1, 0.15) is 48.8 Å². The molecule has 2 rings (SSSR count). The Hall–Kier alpha value is -3.35. The molecule has 14 heteroatoms. The zero-order valence-corrected chi connectivity index (χ0v) is 50.7. The molecule has 14 nitrogen and oxygen atoms in total. The van der Waals surface area contributed by atoms with E-state index in [0.717, 1.165) is 103 Å². The average molecular weight is 1150 g/mol. The monoisotopic (exact) mass is 1150 g/mol.